The predicted molar refractivity (Wildman–Crippen MR) is 72.9 cm³/mol. The minimum absolute atomic E-state index is 0.617. The quantitative estimate of drug-likeness (QED) is 0.918. The van der Waals surface area contributed by atoms with E-state index >= 15 is 0 Å². The number of hydrogen-bond acceptors (Lipinski definition) is 3. The lowest BCUT2D eigenvalue weighted by Crippen LogP contribution is -1.91. The summed E-state index contributed by atoms with van der Waals surface area (Å²) in [6.07, 6.45) is 0.890. The summed E-state index contributed by atoms with van der Waals surface area (Å²) in [5, 5.41) is 0.617. The first-order valence-corrected chi connectivity index (χ1v) is 6.64. The van der Waals surface area contributed by atoms with Gasteiger partial charge in [0.25, 0.3) is 0 Å². The molecule has 84 valence electrons. The molecule has 0 saturated carbocycles. The minimum atomic E-state index is 0.617. The van der Waals surface area contributed by atoms with Crippen molar-refractivity contribution in [1.29, 1.82) is 0 Å². The van der Waals surface area contributed by atoms with Crippen LogP contribution in [0.2, 0.25) is 0 Å². The van der Waals surface area contributed by atoms with Gasteiger partial charge in [0.1, 0.15) is 4.60 Å². The van der Waals surface area contributed by atoms with Gasteiger partial charge in [-0.25, -0.2) is 4.98 Å². The van der Waals surface area contributed by atoms with Gasteiger partial charge in [0.15, 0.2) is 5.13 Å². The maximum absolute atomic E-state index is 5.67. The lowest BCUT2D eigenvalue weighted by Gasteiger charge is -2.05. The van der Waals surface area contributed by atoms with Gasteiger partial charge in [0.2, 0.25) is 0 Å². The third-order valence-electron chi connectivity index (χ3n) is 2.52. The second-order valence-electron chi connectivity index (χ2n) is 3.87. The average Bonchev–Trinajstić information content (AvgIpc) is 2.50. The summed E-state index contributed by atoms with van der Waals surface area (Å²) in [5.74, 6) is 0. The van der Waals surface area contributed by atoms with Gasteiger partial charge >= 0.3 is 0 Å². The van der Waals surface area contributed by atoms with Crippen LogP contribution in [0.15, 0.2) is 22.8 Å². The van der Waals surface area contributed by atoms with Crippen molar-refractivity contribution in [3.63, 3.8) is 0 Å². The first-order valence-electron chi connectivity index (χ1n) is 5.03. The summed E-state index contributed by atoms with van der Waals surface area (Å²) in [5.41, 5.74) is 9.62. The molecule has 2 N–H and O–H groups in total. The molecular weight excluding hydrogens is 284 g/mol. The molecule has 2 nitrogen and oxygen atoms in total. The minimum Gasteiger partial charge on any atom is -0.375 e. The Morgan fingerprint density at radius 2 is 2.12 bits per heavy atom. The van der Waals surface area contributed by atoms with Crippen molar-refractivity contribution in [2.75, 3.05) is 5.73 Å². The molecule has 16 heavy (non-hydrogen) atoms. The first-order chi connectivity index (χ1) is 7.56. The molecule has 0 atom stereocenters. The lowest BCUT2D eigenvalue weighted by molar-refractivity contribution is 1.15. The molecule has 1 aromatic heterocycles. The Balaban J connectivity index is 2.30. The molecule has 0 aliphatic carbocycles. The van der Waals surface area contributed by atoms with Gasteiger partial charge in [-0.15, -0.1) is 11.3 Å². The summed E-state index contributed by atoms with van der Waals surface area (Å²) in [4.78, 5) is 5.35. The highest BCUT2D eigenvalue weighted by Gasteiger charge is 2.08. The van der Waals surface area contributed by atoms with E-state index in [0.717, 1.165) is 11.0 Å². The Morgan fingerprint density at radius 3 is 2.69 bits per heavy atom. The van der Waals surface area contributed by atoms with Crippen molar-refractivity contribution < 1.29 is 0 Å². The average molecular weight is 297 g/mol. The van der Waals surface area contributed by atoms with Crippen LogP contribution in [-0.4, -0.2) is 4.98 Å². The third kappa shape index (κ3) is 2.44. The zero-order valence-electron chi connectivity index (χ0n) is 9.25. The molecule has 0 fully saturated rings. The van der Waals surface area contributed by atoms with Gasteiger partial charge in [-0.1, -0.05) is 23.8 Å². The van der Waals surface area contributed by atoms with Gasteiger partial charge in [0, 0.05) is 11.3 Å². The molecule has 0 aliphatic rings. The fourth-order valence-corrected chi connectivity index (χ4v) is 3.11. The number of nitrogens with two attached hydrogens (primary N) is 1. The van der Waals surface area contributed by atoms with Gasteiger partial charge in [-0.3, -0.25) is 0 Å². The smallest absolute Gasteiger partial charge is 0.181 e. The number of aromatic nitrogens is 1. The van der Waals surface area contributed by atoms with Crippen molar-refractivity contribution in [3.8, 4) is 0 Å². The van der Waals surface area contributed by atoms with E-state index in [2.05, 4.69) is 53.0 Å². The number of halogens is 1. The van der Waals surface area contributed by atoms with E-state index in [4.69, 9.17) is 5.73 Å². The molecular formula is C12H13BrN2S. The van der Waals surface area contributed by atoms with E-state index in [0.29, 0.717) is 5.13 Å². The van der Waals surface area contributed by atoms with Crippen LogP contribution in [0.5, 0.6) is 0 Å². The van der Waals surface area contributed by atoms with Crippen molar-refractivity contribution in [3.05, 3.63) is 44.4 Å². The van der Waals surface area contributed by atoms with Crippen molar-refractivity contribution in [2.24, 2.45) is 0 Å². The molecule has 0 aliphatic heterocycles. The van der Waals surface area contributed by atoms with E-state index in [1.807, 2.05) is 0 Å². The van der Waals surface area contributed by atoms with Crippen molar-refractivity contribution in [2.45, 2.75) is 20.3 Å². The largest absolute Gasteiger partial charge is 0.375 e. The molecule has 1 heterocycles. The predicted octanol–water partition coefficient (Wildman–Crippen LogP) is 3.70. The second-order valence-corrected chi connectivity index (χ2v) is 5.74. The second kappa shape index (κ2) is 4.55. The van der Waals surface area contributed by atoms with Gasteiger partial charge in [-0.05, 0) is 40.9 Å². The van der Waals surface area contributed by atoms with Crippen LogP contribution in [0.25, 0.3) is 0 Å². The molecule has 0 bridgehead atoms. The van der Waals surface area contributed by atoms with Crippen LogP contribution in [0.3, 0.4) is 0 Å². The number of thiazole rings is 1. The molecule has 1 aromatic carbocycles. The fourth-order valence-electron chi connectivity index (χ4n) is 1.68. The van der Waals surface area contributed by atoms with Crippen LogP contribution in [0.1, 0.15) is 21.6 Å². The van der Waals surface area contributed by atoms with E-state index in [9.17, 15) is 0 Å². The number of hydrogen-bond donors (Lipinski definition) is 1. The first kappa shape index (κ1) is 11.6. The lowest BCUT2D eigenvalue weighted by atomic mass is 10.0. The van der Waals surface area contributed by atoms with Crippen molar-refractivity contribution >= 4 is 32.4 Å². The molecule has 2 rings (SSSR count). The standard InChI is InChI=1S/C12H13BrN2S/c1-7-3-4-9(8(2)5-7)6-10-11(13)15-12(14)16-10/h3-5H,6H2,1-2H3,(H2,14,15). The zero-order chi connectivity index (χ0) is 11.7. The Hall–Kier alpha value is -0.870. The van der Waals surface area contributed by atoms with Crippen LogP contribution >= 0.6 is 27.3 Å². The van der Waals surface area contributed by atoms with Gasteiger partial charge in [0.05, 0.1) is 0 Å². The summed E-state index contributed by atoms with van der Waals surface area (Å²) in [6.45, 7) is 4.25. The molecule has 0 amide bonds. The Bertz CT molecular complexity index is 520. The van der Waals surface area contributed by atoms with E-state index in [1.165, 1.54) is 21.6 Å². The monoisotopic (exact) mass is 296 g/mol. The molecule has 0 spiro atoms. The Labute approximate surface area is 108 Å². The summed E-state index contributed by atoms with van der Waals surface area (Å²) in [7, 11) is 0. The SMILES string of the molecule is Cc1ccc(Cc2sc(N)nc2Br)c(C)c1. The molecule has 0 radical (unpaired) electrons. The number of anilines is 1. The number of aryl methyl sites for hydroxylation is 2. The Morgan fingerprint density at radius 1 is 1.38 bits per heavy atom. The number of nitrogen functional groups attached to an aromatic ring is 1. The summed E-state index contributed by atoms with van der Waals surface area (Å²) < 4.78 is 0.870. The normalized spacial score (nSPS) is 10.7. The topological polar surface area (TPSA) is 38.9 Å². The molecule has 0 unspecified atom stereocenters. The van der Waals surface area contributed by atoms with E-state index < -0.39 is 0 Å². The molecule has 0 saturated heterocycles. The van der Waals surface area contributed by atoms with Gasteiger partial charge in [-0.2, -0.15) is 0 Å². The summed E-state index contributed by atoms with van der Waals surface area (Å²) >= 11 is 4.97. The van der Waals surface area contributed by atoms with Crippen LogP contribution in [0.4, 0.5) is 5.13 Å². The highest BCUT2D eigenvalue weighted by Crippen LogP contribution is 2.28. The van der Waals surface area contributed by atoms with Gasteiger partial charge < -0.3 is 5.73 Å². The maximum atomic E-state index is 5.67. The third-order valence-corrected chi connectivity index (χ3v) is 4.32. The van der Waals surface area contributed by atoms with E-state index in [-0.39, 0.29) is 0 Å². The number of benzene rings is 1. The van der Waals surface area contributed by atoms with Crippen LogP contribution in [0, 0.1) is 13.8 Å². The van der Waals surface area contributed by atoms with Crippen molar-refractivity contribution in [1.82, 2.24) is 4.98 Å². The summed E-state index contributed by atoms with van der Waals surface area (Å²) in [6, 6.07) is 6.52. The zero-order valence-corrected chi connectivity index (χ0v) is 11.7. The highest BCUT2D eigenvalue weighted by atomic mass is 79.9. The molecule has 2 aromatic rings. The molecule has 4 heteroatoms. The fraction of sp³-hybridized carbons (Fsp3) is 0.250. The number of nitrogens with zero attached hydrogens (tertiary/aromatic N) is 1. The van der Waals surface area contributed by atoms with Crippen LogP contribution in [-0.2, 0) is 6.42 Å². The maximum Gasteiger partial charge on any atom is 0.181 e. The highest BCUT2D eigenvalue weighted by molar-refractivity contribution is 9.10. The van der Waals surface area contributed by atoms with E-state index in [1.54, 1.807) is 11.3 Å². The Kier molecular flexibility index (Phi) is 3.30. The van der Waals surface area contributed by atoms with Crippen LogP contribution < -0.4 is 5.73 Å². The number of rotatable bonds is 2.